The molecule has 0 spiro atoms. The number of amides is 1. The zero-order chi connectivity index (χ0) is 15.9. The zero-order valence-corrected chi connectivity index (χ0v) is 13.7. The van der Waals surface area contributed by atoms with Gasteiger partial charge in [-0.2, -0.15) is 0 Å². The number of aliphatic hydroxyl groups is 1. The quantitative estimate of drug-likeness (QED) is 0.917. The molecule has 0 saturated carbocycles. The first-order valence-corrected chi connectivity index (χ1v) is 8.86. The number of aromatic nitrogens is 2. The summed E-state index contributed by atoms with van der Waals surface area (Å²) in [4.78, 5) is 24.7. The maximum Gasteiger partial charge on any atom is 0.263 e. The van der Waals surface area contributed by atoms with Crippen molar-refractivity contribution in [2.75, 3.05) is 13.1 Å². The van der Waals surface area contributed by atoms with E-state index in [2.05, 4.69) is 16.0 Å². The van der Waals surface area contributed by atoms with Crippen molar-refractivity contribution >= 4 is 17.2 Å². The minimum atomic E-state index is -0.921. The molecule has 0 bridgehead atoms. The number of likely N-dealkylation sites (tertiary alicyclic amines) is 1. The van der Waals surface area contributed by atoms with Gasteiger partial charge in [0, 0.05) is 35.9 Å². The molecule has 5 nitrogen and oxygen atoms in total. The second-order valence-corrected chi connectivity index (χ2v) is 7.50. The minimum absolute atomic E-state index is 0.107. The SMILES string of the molecule is O=C(c1cc2c(s1)CCC2)N1CCC(O)(c2cncnc2)CC1. The van der Waals surface area contributed by atoms with Crippen LogP contribution in [0.2, 0.25) is 0 Å². The van der Waals surface area contributed by atoms with Crippen molar-refractivity contribution in [2.24, 2.45) is 0 Å². The van der Waals surface area contributed by atoms with Crippen LogP contribution >= 0.6 is 11.3 Å². The van der Waals surface area contributed by atoms with Crippen LogP contribution in [-0.2, 0) is 18.4 Å². The Balaban J connectivity index is 1.45. The third-order valence-corrected chi connectivity index (χ3v) is 6.16. The highest BCUT2D eigenvalue weighted by Gasteiger charge is 2.36. The fraction of sp³-hybridized carbons (Fsp3) is 0.471. The van der Waals surface area contributed by atoms with Crippen molar-refractivity contribution in [3.05, 3.63) is 45.7 Å². The molecule has 6 heteroatoms. The number of carbonyl (C=O) groups excluding carboxylic acids is 1. The van der Waals surface area contributed by atoms with Crippen LogP contribution < -0.4 is 0 Å². The van der Waals surface area contributed by atoms with E-state index in [0.717, 1.165) is 23.3 Å². The minimum Gasteiger partial charge on any atom is -0.385 e. The summed E-state index contributed by atoms with van der Waals surface area (Å²) >= 11 is 1.65. The lowest BCUT2D eigenvalue weighted by Crippen LogP contribution is -2.45. The summed E-state index contributed by atoms with van der Waals surface area (Å²) in [6.07, 6.45) is 9.26. The number of fused-ring (bicyclic) bond motifs is 1. The maximum absolute atomic E-state index is 12.7. The normalized spacial score (nSPS) is 19.6. The molecule has 1 aliphatic heterocycles. The molecule has 1 aliphatic carbocycles. The first-order valence-electron chi connectivity index (χ1n) is 8.04. The van der Waals surface area contributed by atoms with Crippen LogP contribution in [0, 0.1) is 0 Å². The van der Waals surface area contributed by atoms with Crippen molar-refractivity contribution in [1.82, 2.24) is 14.9 Å². The molecule has 1 N–H and O–H groups in total. The highest BCUT2D eigenvalue weighted by molar-refractivity contribution is 7.14. The first kappa shape index (κ1) is 14.8. The molecule has 2 aliphatic rings. The number of aryl methyl sites for hydroxylation is 2. The second-order valence-electron chi connectivity index (χ2n) is 6.36. The Bertz CT molecular complexity index is 699. The van der Waals surface area contributed by atoms with Crippen molar-refractivity contribution in [1.29, 1.82) is 0 Å². The number of nitrogens with zero attached hydrogens (tertiary/aromatic N) is 3. The number of piperidine rings is 1. The molecule has 120 valence electrons. The highest BCUT2D eigenvalue weighted by Crippen LogP contribution is 2.35. The number of thiophene rings is 1. The molecule has 0 unspecified atom stereocenters. The molecule has 2 aromatic rings. The average molecular weight is 329 g/mol. The predicted molar refractivity (Wildman–Crippen MR) is 87.4 cm³/mol. The van der Waals surface area contributed by atoms with E-state index in [1.165, 1.54) is 23.2 Å². The standard InChI is InChI=1S/C17H19N3O2S/c21-16(15-8-12-2-1-3-14(12)23-15)20-6-4-17(22,5-7-20)13-9-18-11-19-10-13/h8-11,22H,1-7H2. The number of rotatable bonds is 2. The number of hydrogen-bond acceptors (Lipinski definition) is 5. The van der Waals surface area contributed by atoms with E-state index in [-0.39, 0.29) is 5.91 Å². The molecule has 0 atom stereocenters. The Hall–Kier alpha value is -1.79. The van der Waals surface area contributed by atoms with E-state index < -0.39 is 5.60 Å². The summed E-state index contributed by atoms with van der Waals surface area (Å²) in [7, 11) is 0. The molecule has 1 fully saturated rings. The Morgan fingerprint density at radius 2 is 1.96 bits per heavy atom. The summed E-state index contributed by atoms with van der Waals surface area (Å²) in [5.41, 5.74) is 1.17. The molecule has 0 radical (unpaired) electrons. The Morgan fingerprint density at radius 3 is 2.65 bits per heavy atom. The van der Waals surface area contributed by atoms with Gasteiger partial charge < -0.3 is 10.0 Å². The first-order chi connectivity index (χ1) is 11.2. The maximum atomic E-state index is 12.7. The van der Waals surface area contributed by atoms with Gasteiger partial charge in [-0.3, -0.25) is 4.79 Å². The average Bonchev–Trinajstić information content (AvgIpc) is 3.17. The predicted octanol–water partition coefficient (Wildman–Crippen LogP) is 2.15. The Morgan fingerprint density at radius 1 is 1.22 bits per heavy atom. The monoisotopic (exact) mass is 329 g/mol. The summed E-state index contributed by atoms with van der Waals surface area (Å²) in [5.74, 6) is 0.107. The van der Waals surface area contributed by atoms with Gasteiger partial charge in [0.2, 0.25) is 0 Å². The van der Waals surface area contributed by atoms with Gasteiger partial charge in [0.25, 0.3) is 5.91 Å². The van der Waals surface area contributed by atoms with Gasteiger partial charge in [0.05, 0.1) is 10.5 Å². The Labute approximate surface area is 139 Å². The highest BCUT2D eigenvalue weighted by atomic mass is 32.1. The number of carbonyl (C=O) groups is 1. The Kier molecular flexibility index (Phi) is 3.66. The van der Waals surface area contributed by atoms with Crippen LogP contribution in [0.5, 0.6) is 0 Å². The largest absolute Gasteiger partial charge is 0.385 e. The summed E-state index contributed by atoms with van der Waals surface area (Å²) in [6, 6.07) is 2.07. The third-order valence-electron chi connectivity index (χ3n) is 4.93. The van der Waals surface area contributed by atoms with E-state index in [0.29, 0.717) is 25.9 Å². The lowest BCUT2D eigenvalue weighted by molar-refractivity contribution is -0.0215. The topological polar surface area (TPSA) is 66.3 Å². The van der Waals surface area contributed by atoms with E-state index in [4.69, 9.17) is 0 Å². The van der Waals surface area contributed by atoms with E-state index in [1.807, 2.05) is 4.90 Å². The number of hydrogen-bond donors (Lipinski definition) is 1. The molecule has 4 rings (SSSR count). The molecule has 23 heavy (non-hydrogen) atoms. The molecule has 3 heterocycles. The van der Waals surface area contributed by atoms with Gasteiger partial charge in [-0.1, -0.05) is 0 Å². The van der Waals surface area contributed by atoms with E-state index >= 15 is 0 Å². The van der Waals surface area contributed by atoms with Crippen molar-refractivity contribution in [3.63, 3.8) is 0 Å². The van der Waals surface area contributed by atoms with Crippen LogP contribution in [0.25, 0.3) is 0 Å². The lowest BCUT2D eigenvalue weighted by atomic mass is 9.86. The summed E-state index contributed by atoms with van der Waals surface area (Å²) < 4.78 is 0. The van der Waals surface area contributed by atoms with Gasteiger partial charge >= 0.3 is 0 Å². The van der Waals surface area contributed by atoms with E-state index in [9.17, 15) is 9.90 Å². The van der Waals surface area contributed by atoms with Crippen LogP contribution in [0.3, 0.4) is 0 Å². The van der Waals surface area contributed by atoms with Gasteiger partial charge in [0.1, 0.15) is 6.33 Å². The van der Waals surface area contributed by atoms with Crippen LogP contribution in [-0.4, -0.2) is 39.0 Å². The molecular weight excluding hydrogens is 310 g/mol. The van der Waals surface area contributed by atoms with Gasteiger partial charge in [-0.05, 0) is 43.7 Å². The van der Waals surface area contributed by atoms with Crippen molar-refractivity contribution in [2.45, 2.75) is 37.7 Å². The molecule has 2 aromatic heterocycles. The van der Waals surface area contributed by atoms with Crippen molar-refractivity contribution < 1.29 is 9.90 Å². The van der Waals surface area contributed by atoms with Crippen molar-refractivity contribution in [3.8, 4) is 0 Å². The fourth-order valence-corrected chi connectivity index (χ4v) is 4.72. The van der Waals surface area contributed by atoms with Crippen LogP contribution in [0.15, 0.2) is 24.8 Å². The van der Waals surface area contributed by atoms with Gasteiger partial charge in [0.15, 0.2) is 0 Å². The smallest absolute Gasteiger partial charge is 0.263 e. The summed E-state index contributed by atoms with van der Waals surface area (Å²) in [6.45, 7) is 1.12. The van der Waals surface area contributed by atoms with Gasteiger partial charge in [-0.15, -0.1) is 11.3 Å². The summed E-state index contributed by atoms with van der Waals surface area (Å²) in [5, 5.41) is 10.8. The van der Waals surface area contributed by atoms with Crippen LogP contribution in [0.1, 0.15) is 44.9 Å². The molecule has 1 amide bonds. The lowest BCUT2D eigenvalue weighted by Gasteiger charge is -2.38. The molecular formula is C17H19N3O2S. The second kappa shape index (κ2) is 5.69. The van der Waals surface area contributed by atoms with E-state index in [1.54, 1.807) is 23.7 Å². The van der Waals surface area contributed by atoms with Crippen LogP contribution in [0.4, 0.5) is 0 Å². The molecule has 1 saturated heterocycles. The third kappa shape index (κ3) is 2.66. The molecule has 0 aromatic carbocycles. The zero-order valence-electron chi connectivity index (χ0n) is 12.9. The van der Waals surface area contributed by atoms with Gasteiger partial charge in [-0.25, -0.2) is 9.97 Å². The fourth-order valence-electron chi connectivity index (χ4n) is 3.50.